The highest BCUT2D eigenvalue weighted by atomic mass is 35.5. The molecule has 0 saturated heterocycles. The van der Waals surface area contributed by atoms with Gasteiger partial charge in [-0.15, -0.1) is 0 Å². The Bertz CT molecular complexity index is 595. The summed E-state index contributed by atoms with van der Waals surface area (Å²) in [6, 6.07) is 4.12. The first-order valence-electron chi connectivity index (χ1n) is 8.17. The van der Waals surface area contributed by atoms with E-state index < -0.39 is 5.54 Å². The molecule has 0 aromatic heterocycles. The highest BCUT2D eigenvalue weighted by molar-refractivity contribution is 6.32. The quantitative estimate of drug-likeness (QED) is 0.571. The Labute approximate surface area is 136 Å². The number of rotatable bonds is 4. The van der Waals surface area contributed by atoms with Gasteiger partial charge in [-0.3, -0.25) is 0 Å². The maximum atomic E-state index is 10.9. The molecule has 2 aliphatic carbocycles. The maximum absolute atomic E-state index is 10.9. The molecule has 0 unspecified atom stereocenters. The van der Waals surface area contributed by atoms with E-state index >= 15 is 0 Å². The molecule has 0 N–H and O–H groups in total. The van der Waals surface area contributed by atoms with Gasteiger partial charge in [-0.05, 0) is 54.9 Å². The van der Waals surface area contributed by atoms with Gasteiger partial charge >= 0.3 is 0 Å². The standard InChI is InChI=1S/C18H22ClNO2/c1-22-17-15(13-6-2-3-7-13)10-14(11-16(17)19)18(20-12-21)8-4-5-9-18/h10-11,13H,2-9H2,1H3. The molecule has 3 rings (SSSR count). The highest BCUT2D eigenvalue weighted by Gasteiger charge is 2.37. The number of benzene rings is 1. The summed E-state index contributed by atoms with van der Waals surface area (Å²) < 4.78 is 5.56. The Morgan fingerprint density at radius 2 is 1.91 bits per heavy atom. The Kier molecular flexibility index (Phi) is 4.56. The summed E-state index contributed by atoms with van der Waals surface area (Å²) in [6.45, 7) is 0. The van der Waals surface area contributed by atoms with E-state index in [1.807, 2.05) is 6.07 Å². The van der Waals surface area contributed by atoms with Crippen molar-refractivity contribution in [1.29, 1.82) is 0 Å². The van der Waals surface area contributed by atoms with Crippen LogP contribution in [0.2, 0.25) is 5.02 Å². The average Bonchev–Trinajstić information content (AvgIpc) is 3.19. The smallest absolute Gasteiger partial charge is 0.235 e. The number of hydrogen-bond acceptors (Lipinski definition) is 3. The van der Waals surface area contributed by atoms with Gasteiger partial charge in [0.05, 0.1) is 17.7 Å². The van der Waals surface area contributed by atoms with Gasteiger partial charge in [0, 0.05) is 0 Å². The van der Waals surface area contributed by atoms with Gasteiger partial charge in [-0.1, -0.05) is 37.3 Å². The molecule has 0 amide bonds. The van der Waals surface area contributed by atoms with Gasteiger partial charge in [0.1, 0.15) is 5.75 Å². The van der Waals surface area contributed by atoms with Crippen molar-refractivity contribution >= 4 is 17.7 Å². The molecule has 0 atom stereocenters. The SMILES string of the molecule is COc1c(Cl)cc(C2(N=C=O)CCCC2)cc1C1CCCC1. The molecular weight excluding hydrogens is 298 g/mol. The molecule has 0 bridgehead atoms. The van der Waals surface area contributed by atoms with Crippen LogP contribution >= 0.6 is 11.6 Å². The lowest BCUT2D eigenvalue weighted by Gasteiger charge is -2.26. The summed E-state index contributed by atoms with van der Waals surface area (Å²) in [5.41, 5.74) is 1.82. The fourth-order valence-electron chi connectivity index (χ4n) is 4.15. The second-order valence-corrected chi connectivity index (χ2v) is 6.91. The van der Waals surface area contributed by atoms with E-state index in [0.717, 1.165) is 37.0 Å². The lowest BCUT2D eigenvalue weighted by atomic mass is 9.85. The van der Waals surface area contributed by atoms with Crippen LogP contribution in [0, 0.1) is 0 Å². The van der Waals surface area contributed by atoms with Crippen molar-refractivity contribution in [2.75, 3.05) is 7.11 Å². The first-order valence-corrected chi connectivity index (χ1v) is 8.55. The van der Waals surface area contributed by atoms with Gasteiger partial charge < -0.3 is 4.74 Å². The summed E-state index contributed by atoms with van der Waals surface area (Å²) in [4.78, 5) is 15.1. The molecule has 22 heavy (non-hydrogen) atoms. The molecule has 0 radical (unpaired) electrons. The minimum absolute atomic E-state index is 0.426. The van der Waals surface area contributed by atoms with E-state index in [0.29, 0.717) is 10.9 Å². The van der Waals surface area contributed by atoms with E-state index in [9.17, 15) is 4.79 Å². The zero-order chi connectivity index (χ0) is 15.6. The third-order valence-electron chi connectivity index (χ3n) is 5.30. The molecule has 2 fully saturated rings. The molecule has 1 aromatic rings. The van der Waals surface area contributed by atoms with Crippen LogP contribution in [-0.4, -0.2) is 13.2 Å². The number of hydrogen-bond donors (Lipinski definition) is 0. The Morgan fingerprint density at radius 1 is 1.23 bits per heavy atom. The van der Waals surface area contributed by atoms with Crippen molar-refractivity contribution < 1.29 is 9.53 Å². The predicted molar refractivity (Wildman–Crippen MR) is 87.5 cm³/mol. The molecule has 4 heteroatoms. The number of isocyanates is 1. The zero-order valence-corrected chi connectivity index (χ0v) is 13.8. The number of carbonyl (C=O) groups excluding carboxylic acids is 1. The lowest BCUT2D eigenvalue weighted by molar-refractivity contribution is 0.403. The Balaban J connectivity index is 2.10. The summed E-state index contributed by atoms with van der Waals surface area (Å²) in [5, 5.41) is 0.634. The van der Waals surface area contributed by atoms with Gasteiger partial charge in [0.15, 0.2) is 0 Å². The molecule has 2 aliphatic rings. The van der Waals surface area contributed by atoms with Gasteiger partial charge in [0.2, 0.25) is 6.08 Å². The molecule has 0 aliphatic heterocycles. The Morgan fingerprint density at radius 3 is 2.50 bits per heavy atom. The molecular formula is C18H22ClNO2. The van der Waals surface area contributed by atoms with Crippen LogP contribution in [0.4, 0.5) is 0 Å². The van der Waals surface area contributed by atoms with E-state index in [4.69, 9.17) is 16.3 Å². The van der Waals surface area contributed by atoms with E-state index in [-0.39, 0.29) is 0 Å². The van der Waals surface area contributed by atoms with Crippen LogP contribution in [-0.2, 0) is 10.3 Å². The van der Waals surface area contributed by atoms with Crippen LogP contribution in [0.15, 0.2) is 17.1 Å². The predicted octanol–water partition coefficient (Wildman–Crippen LogP) is 5.11. The Hall–Kier alpha value is -1.31. The first-order chi connectivity index (χ1) is 10.7. The minimum Gasteiger partial charge on any atom is -0.495 e. The summed E-state index contributed by atoms with van der Waals surface area (Å²) in [6.07, 6.45) is 10.6. The first kappa shape index (κ1) is 15.6. The van der Waals surface area contributed by atoms with Gasteiger partial charge in [0.25, 0.3) is 0 Å². The van der Waals surface area contributed by atoms with Gasteiger partial charge in [-0.25, -0.2) is 4.79 Å². The number of halogens is 1. The fourth-order valence-corrected chi connectivity index (χ4v) is 4.45. The molecule has 118 valence electrons. The maximum Gasteiger partial charge on any atom is 0.235 e. The van der Waals surface area contributed by atoms with Crippen molar-refractivity contribution in [1.82, 2.24) is 0 Å². The molecule has 1 aromatic carbocycles. The summed E-state index contributed by atoms with van der Waals surface area (Å²) >= 11 is 6.49. The van der Waals surface area contributed by atoms with E-state index in [1.54, 1.807) is 13.2 Å². The number of ether oxygens (including phenoxy) is 1. The van der Waals surface area contributed by atoms with Crippen molar-refractivity contribution in [3.63, 3.8) is 0 Å². The van der Waals surface area contributed by atoms with E-state index in [1.165, 1.54) is 31.2 Å². The van der Waals surface area contributed by atoms with Crippen molar-refractivity contribution in [2.45, 2.75) is 62.8 Å². The number of methoxy groups -OCH3 is 1. The highest BCUT2D eigenvalue weighted by Crippen LogP contribution is 2.48. The average molecular weight is 320 g/mol. The normalized spacial score (nSPS) is 20.8. The number of aliphatic imine (C=N–C) groups is 1. The minimum atomic E-state index is -0.426. The summed E-state index contributed by atoms with van der Waals surface area (Å²) in [5.74, 6) is 1.30. The molecule has 0 spiro atoms. The molecule has 2 saturated carbocycles. The van der Waals surface area contributed by atoms with Crippen LogP contribution in [0.3, 0.4) is 0 Å². The largest absolute Gasteiger partial charge is 0.495 e. The zero-order valence-electron chi connectivity index (χ0n) is 13.0. The number of nitrogens with zero attached hydrogens (tertiary/aromatic N) is 1. The van der Waals surface area contributed by atoms with Crippen LogP contribution in [0.1, 0.15) is 68.4 Å². The van der Waals surface area contributed by atoms with Crippen LogP contribution in [0.5, 0.6) is 5.75 Å². The van der Waals surface area contributed by atoms with Crippen molar-refractivity contribution in [3.8, 4) is 5.75 Å². The fraction of sp³-hybridized carbons (Fsp3) is 0.611. The monoisotopic (exact) mass is 319 g/mol. The second-order valence-electron chi connectivity index (χ2n) is 6.50. The van der Waals surface area contributed by atoms with E-state index in [2.05, 4.69) is 11.1 Å². The molecule has 3 nitrogen and oxygen atoms in total. The third-order valence-corrected chi connectivity index (χ3v) is 5.58. The third kappa shape index (κ3) is 2.68. The van der Waals surface area contributed by atoms with Crippen molar-refractivity contribution in [3.05, 3.63) is 28.3 Å². The lowest BCUT2D eigenvalue weighted by Crippen LogP contribution is -2.19. The van der Waals surface area contributed by atoms with Crippen LogP contribution in [0.25, 0.3) is 0 Å². The molecule has 0 heterocycles. The topological polar surface area (TPSA) is 38.7 Å². The van der Waals surface area contributed by atoms with Crippen LogP contribution < -0.4 is 4.74 Å². The van der Waals surface area contributed by atoms with Crippen molar-refractivity contribution in [2.24, 2.45) is 4.99 Å². The summed E-state index contributed by atoms with van der Waals surface area (Å²) in [7, 11) is 1.67. The second kappa shape index (κ2) is 6.44. The van der Waals surface area contributed by atoms with Gasteiger partial charge in [-0.2, -0.15) is 4.99 Å².